The van der Waals surface area contributed by atoms with Crippen molar-refractivity contribution in [3.8, 4) is 0 Å². The average molecular weight is 240 g/mol. The molecule has 1 fully saturated rings. The smallest absolute Gasteiger partial charge is 0.224 e. The van der Waals surface area contributed by atoms with Gasteiger partial charge in [-0.25, -0.2) is 8.78 Å². The number of nitrogens with one attached hydrogen (secondary N) is 1. The normalized spacial score (nSPS) is 22.3. The predicted molar refractivity (Wildman–Crippen MR) is 59.2 cm³/mol. The van der Waals surface area contributed by atoms with E-state index in [-0.39, 0.29) is 17.9 Å². The van der Waals surface area contributed by atoms with Crippen molar-refractivity contribution in [3.05, 3.63) is 35.4 Å². The number of carbonyl (C=O) groups is 1. The Morgan fingerprint density at radius 3 is 2.47 bits per heavy atom. The summed E-state index contributed by atoms with van der Waals surface area (Å²) in [6.45, 7) is 0.366. The Bertz CT molecular complexity index is 416. The van der Waals surface area contributed by atoms with Crippen LogP contribution in [0.1, 0.15) is 12.0 Å². The molecule has 2 unspecified atom stereocenters. The molecule has 2 rings (SSSR count). The fraction of sp³-hybridized carbons (Fsp3) is 0.417. The van der Waals surface area contributed by atoms with E-state index in [1.807, 2.05) is 0 Å². The van der Waals surface area contributed by atoms with Crippen LogP contribution in [0, 0.1) is 17.6 Å². The lowest BCUT2D eigenvalue weighted by Gasteiger charge is -2.05. The maximum Gasteiger partial charge on any atom is 0.224 e. The minimum absolute atomic E-state index is 0.0263. The molecule has 2 atom stereocenters. The Kier molecular flexibility index (Phi) is 3.38. The highest BCUT2D eigenvalue weighted by Gasteiger charge is 2.39. The number of hydrogen-bond donors (Lipinski definition) is 2. The summed E-state index contributed by atoms with van der Waals surface area (Å²) in [7, 11) is 0. The first kappa shape index (κ1) is 12.0. The van der Waals surface area contributed by atoms with Crippen LogP contribution >= 0.6 is 0 Å². The first-order valence-corrected chi connectivity index (χ1v) is 5.54. The van der Waals surface area contributed by atoms with Crippen molar-refractivity contribution >= 4 is 5.91 Å². The van der Waals surface area contributed by atoms with Gasteiger partial charge < -0.3 is 11.1 Å². The number of carbonyl (C=O) groups excluding carboxylic acids is 1. The van der Waals surface area contributed by atoms with Gasteiger partial charge >= 0.3 is 0 Å². The van der Waals surface area contributed by atoms with Gasteiger partial charge in [-0.2, -0.15) is 0 Å². The number of hydrogen-bond acceptors (Lipinski definition) is 2. The molecule has 0 saturated heterocycles. The molecule has 92 valence electrons. The van der Waals surface area contributed by atoms with Gasteiger partial charge in [-0.05, 0) is 30.5 Å². The summed E-state index contributed by atoms with van der Waals surface area (Å²) in [5.41, 5.74) is 6.06. The second-order valence-electron chi connectivity index (χ2n) is 4.32. The summed E-state index contributed by atoms with van der Waals surface area (Å²) in [6, 6.07) is 3.32. The average Bonchev–Trinajstić information content (AvgIpc) is 2.94. The standard InChI is InChI=1S/C12H14F2N2O/c13-8-3-7(4-9(14)5-8)1-2-16-12(17)10-6-11(10)15/h3-5,10-11H,1-2,6,15H2,(H,16,17). The molecule has 0 spiro atoms. The third kappa shape index (κ3) is 3.23. The van der Waals surface area contributed by atoms with E-state index in [2.05, 4.69) is 5.32 Å². The lowest BCUT2D eigenvalue weighted by Crippen LogP contribution is -2.29. The molecule has 0 aliphatic heterocycles. The first-order valence-electron chi connectivity index (χ1n) is 5.54. The number of benzene rings is 1. The number of rotatable bonds is 4. The van der Waals surface area contributed by atoms with Crippen molar-refractivity contribution in [2.75, 3.05) is 6.54 Å². The minimum Gasteiger partial charge on any atom is -0.355 e. The summed E-state index contributed by atoms with van der Waals surface area (Å²) >= 11 is 0. The van der Waals surface area contributed by atoms with Crippen molar-refractivity contribution in [2.45, 2.75) is 18.9 Å². The summed E-state index contributed by atoms with van der Waals surface area (Å²) in [4.78, 5) is 11.4. The molecule has 5 heteroatoms. The highest BCUT2D eigenvalue weighted by atomic mass is 19.1. The molecule has 0 bridgehead atoms. The van der Waals surface area contributed by atoms with Gasteiger partial charge in [0.05, 0.1) is 5.92 Å². The van der Waals surface area contributed by atoms with Crippen LogP contribution in [-0.2, 0) is 11.2 Å². The molecule has 1 saturated carbocycles. The van der Waals surface area contributed by atoms with Gasteiger partial charge in [0.2, 0.25) is 5.91 Å². The number of nitrogens with two attached hydrogens (primary N) is 1. The maximum atomic E-state index is 12.9. The van der Waals surface area contributed by atoms with E-state index in [1.54, 1.807) is 0 Å². The zero-order valence-corrected chi connectivity index (χ0v) is 9.25. The van der Waals surface area contributed by atoms with E-state index < -0.39 is 11.6 Å². The van der Waals surface area contributed by atoms with Gasteiger partial charge in [0.15, 0.2) is 0 Å². The van der Waals surface area contributed by atoms with Crippen molar-refractivity contribution < 1.29 is 13.6 Å². The zero-order chi connectivity index (χ0) is 12.4. The van der Waals surface area contributed by atoms with Crippen LogP contribution in [0.3, 0.4) is 0 Å². The Morgan fingerprint density at radius 2 is 1.94 bits per heavy atom. The van der Waals surface area contributed by atoms with Crippen molar-refractivity contribution in [2.24, 2.45) is 11.7 Å². The minimum atomic E-state index is -0.601. The van der Waals surface area contributed by atoms with Crippen LogP contribution < -0.4 is 11.1 Å². The third-order valence-corrected chi connectivity index (χ3v) is 2.81. The third-order valence-electron chi connectivity index (χ3n) is 2.81. The highest BCUT2D eigenvalue weighted by molar-refractivity contribution is 5.82. The summed E-state index contributed by atoms with van der Waals surface area (Å²) < 4.78 is 25.7. The predicted octanol–water partition coefficient (Wildman–Crippen LogP) is 0.971. The molecule has 3 N–H and O–H groups in total. The van der Waals surface area contributed by atoms with Crippen LogP contribution in [-0.4, -0.2) is 18.5 Å². The first-order chi connectivity index (χ1) is 8.06. The summed E-state index contributed by atoms with van der Waals surface area (Å²) in [5, 5.41) is 2.70. The van der Waals surface area contributed by atoms with Gasteiger partial charge in [0.1, 0.15) is 11.6 Å². The molecular formula is C12H14F2N2O. The van der Waals surface area contributed by atoms with Crippen LogP contribution in [0.5, 0.6) is 0 Å². The van der Waals surface area contributed by atoms with Gasteiger partial charge in [0.25, 0.3) is 0 Å². The Balaban J connectivity index is 1.79. The topological polar surface area (TPSA) is 55.1 Å². The lowest BCUT2D eigenvalue weighted by molar-refractivity contribution is -0.122. The van der Waals surface area contributed by atoms with Crippen LogP contribution in [0.25, 0.3) is 0 Å². The van der Waals surface area contributed by atoms with E-state index in [0.29, 0.717) is 18.5 Å². The molecule has 0 heterocycles. The van der Waals surface area contributed by atoms with Crippen molar-refractivity contribution in [3.63, 3.8) is 0 Å². The second-order valence-corrected chi connectivity index (χ2v) is 4.32. The van der Waals surface area contributed by atoms with Crippen LogP contribution in [0.2, 0.25) is 0 Å². The van der Waals surface area contributed by atoms with E-state index >= 15 is 0 Å². The fourth-order valence-corrected chi connectivity index (χ4v) is 1.73. The molecule has 1 aromatic carbocycles. The van der Waals surface area contributed by atoms with E-state index in [1.165, 1.54) is 12.1 Å². The molecule has 3 nitrogen and oxygen atoms in total. The molecule has 1 aromatic rings. The molecule has 1 amide bonds. The van der Waals surface area contributed by atoms with Crippen molar-refractivity contribution in [1.29, 1.82) is 0 Å². The highest BCUT2D eigenvalue weighted by Crippen LogP contribution is 2.27. The van der Waals surface area contributed by atoms with Gasteiger partial charge in [0, 0.05) is 18.7 Å². The zero-order valence-electron chi connectivity index (χ0n) is 9.25. The van der Waals surface area contributed by atoms with Gasteiger partial charge in [-0.15, -0.1) is 0 Å². The van der Waals surface area contributed by atoms with Gasteiger partial charge in [-0.3, -0.25) is 4.79 Å². The van der Waals surface area contributed by atoms with E-state index in [4.69, 9.17) is 5.73 Å². The maximum absolute atomic E-state index is 12.9. The summed E-state index contributed by atoms with van der Waals surface area (Å²) in [5.74, 6) is -1.36. The Labute approximate surface area is 98.0 Å². The van der Waals surface area contributed by atoms with E-state index in [9.17, 15) is 13.6 Å². The SMILES string of the molecule is NC1CC1C(=O)NCCc1cc(F)cc(F)c1. The van der Waals surface area contributed by atoms with Crippen molar-refractivity contribution in [1.82, 2.24) is 5.32 Å². The number of halogens is 2. The molecule has 1 aliphatic rings. The molecule has 1 aliphatic carbocycles. The van der Waals surface area contributed by atoms with Crippen LogP contribution in [0.15, 0.2) is 18.2 Å². The molecule has 0 radical (unpaired) electrons. The van der Waals surface area contributed by atoms with E-state index in [0.717, 1.165) is 12.5 Å². The lowest BCUT2D eigenvalue weighted by atomic mass is 10.1. The van der Waals surface area contributed by atoms with Crippen LogP contribution in [0.4, 0.5) is 8.78 Å². The molecular weight excluding hydrogens is 226 g/mol. The molecule has 0 aromatic heterocycles. The summed E-state index contributed by atoms with van der Waals surface area (Å²) in [6.07, 6.45) is 1.13. The fourth-order valence-electron chi connectivity index (χ4n) is 1.73. The second kappa shape index (κ2) is 4.79. The Morgan fingerprint density at radius 1 is 1.35 bits per heavy atom. The largest absolute Gasteiger partial charge is 0.355 e. The quantitative estimate of drug-likeness (QED) is 0.824. The number of amides is 1. The molecule has 17 heavy (non-hydrogen) atoms. The monoisotopic (exact) mass is 240 g/mol. The van der Waals surface area contributed by atoms with Gasteiger partial charge in [-0.1, -0.05) is 0 Å². The Hall–Kier alpha value is -1.49.